The molecule has 1 aliphatic heterocycles. The molecular formula is C14H18ClF3N2O. The highest BCUT2D eigenvalue weighted by atomic mass is 35.5. The summed E-state index contributed by atoms with van der Waals surface area (Å²) in [6, 6.07) is 1.84. The van der Waals surface area contributed by atoms with Gasteiger partial charge in [-0.1, -0.05) is 0 Å². The first kappa shape index (κ1) is 17.8. The lowest BCUT2D eigenvalue weighted by Crippen LogP contribution is -2.38. The van der Waals surface area contributed by atoms with Crippen LogP contribution in [0.5, 0.6) is 0 Å². The maximum Gasteiger partial charge on any atom is 0.225 e. The summed E-state index contributed by atoms with van der Waals surface area (Å²) < 4.78 is 39.1. The summed E-state index contributed by atoms with van der Waals surface area (Å²) in [5, 5.41) is 3.17. The number of halogens is 4. The summed E-state index contributed by atoms with van der Waals surface area (Å²) in [5.74, 6) is -4.06. The van der Waals surface area contributed by atoms with Gasteiger partial charge < -0.3 is 10.2 Å². The summed E-state index contributed by atoms with van der Waals surface area (Å²) in [6.45, 7) is 1.66. The van der Waals surface area contributed by atoms with Crippen LogP contribution in [0.4, 0.5) is 13.2 Å². The molecule has 7 heteroatoms. The van der Waals surface area contributed by atoms with Crippen molar-refractivity contribution in [3.8, 4) is 0 Å². The molecule has 1 aliphatic rings. The molecule has 1 saturated heterocycles. The molecular weight excluding hydrogens is 305 g/mol. The van der Waals surface area contributed by atoms with Crippen molar-refractivity contribution < 1.29 is 18.0 Å². The van der Waals surface area contributed by atoms with E-state index in [9.17, 15) is 18.0 Å². The molecule has 0 aliphatic carbocycles. The van der Waals surface area contributed by atoms with Crippen molar-refractivity contribution in [3.05, 3.63) is 35.1 Å². The van der Waals surface area contributed by atoms with Crippen molar-refractivity contribution in [2.45, 2.75) is 19.4 Å². The number of hydrogen-bond acceptors (Lipinski definition) is 2. The molecule has 3 nitrogen and oxygen atoms in total. The largest absolute Gasteiger partial charge is 0.341 e. The highest BCUT2D eigenvalue weighted by Gasteiger charge is 2.24. The Morgan fingerprint density at radius 3 is 2.29 bits per heavy atom. The van der Waals surface area contributed by atoms with E-state index in [0.717, 1.165) is 38.1 Å². The summed E-state index contributed by atoms with van der Waals surface area (Å²) >= 11 is 0. The van der Waals surface area contributed by atoms with Gasteiger partial charge in [-0.25, -0.2) is 13.2 Å². The third kappa shape index (κ3) is 4.35. The number of nitrogens with zero attached hydrogens (tertiary/aromatic N) is 1. The first-order valence-electron chi connectivity index (χ1n) is 6.58. The lowest BCUT2D eigenvalue weighted by molar-refractivity contribution is -0.135. The van der Waals surface area contributed by atoms with Gasteiger partial charge in [-0.3, -0.25) is 4.79 Å². The van der Waals surface area contributed by atoms with Gasteiger partial charge in [0.1, 0.15) is 0 Å². The average molecular weight is 323 g/mol. The van der Waals surface area contributed by atoms with Crippen LogP contribution in [-0.2, 0) is 11.3 Å². The van der Waals surface area contributed by atoms with E-state index in [-0.39, 0.29) is 36.3 Å². The molecule has 1 heterocycles. The number of amides is 1. The van der Waals surface area contributed by atoms with E-state index in [1.165, 1.54) is 4.90 Å². The molecule has 21 heavy (non-hydrogen) atoms. The fourth-order valence-electron chi connectivity index (χ4n) is 2.43. The predicted octanol–water partition coefficient (Wildman–Crippen LogP) is 2.48. The van der Waals surface area contributed by atoms with Gasteiger partial charge in [0, 0.05) is 19.5 Å². The van der Waals surface area contributed by atoms with Crippen LogP contribution < -0.4 is 5.32 Å². The Labute approximate surface area is 127 Å². The highest BCUT2D eigenvalue weighted by Crippen LogP contribution is 2.18. The monoisotopic (exact) mass is 322 g/mol. The van der Waals surface area contributed by atoms with Crippen molar-refractivity contribution in [1.82, 2.24) is 10.2 Å². The molecule has 1 amide bonds. The first-order chi connectivity index (χ1) is 9.49. The summed E-state index contributed by atoms with van der Waals surface area (Å²) in [6.07, 6.45) is 1.52. The second-order valence-corrected chi connectivity index (χ2v) is 5.09. The number of piperidine rings is 1. The van der Waals surface area contributed by atoms with E-state index in [0.29, 0.717) is 0 Å². The van der Waals surface area contributed by atoms with Crippen molar-refractivity contribution in [3.63, 3.8) is 0 Å². The topological polar surface area (TPSA) is 32.3 Å². The third-order valence-corrected chi connectivity index (χ3v) is 3.53. The lowest BCUT2D eigenvalue weighted by atomic mass is 9.96. The quantitative estimate of drug-likeness (QED) is 0.867. The Balaban J connectivity index is 0.00000220. The molecule has 1 N–H and O–H groups in total. The number of carbonyl (C=O) groups is 1. The zero-order valence-electron chi connectivity index (χ0n) is 11.7. The number of benzene rings is 1. The van der Waals surface area contributed by atoms with Gasteiger partial charge in [-0.05, 0) is 43.6 Å². The molecule has 0 bridgehead atoms. The van der Waals surface area contributed by atoms with Crippen LogP contribution in [0.15, 0.2) is 12.1 Å². The van der Waals surface area contributed by atoms with Crippen LogP contribution in [0.2, 0.25) is 0 Å². The Hall–Kier alpha value is -1.27. The van der Waals surface area contributed by atoms with E-state index in [1.54, 1.807) is 7.05 Å². The Kier molecular flexibility index (Phi) is 6.48. The standard InChI is InChI=1S/C14H17F3N2O.ClH/c1-19(14(20)10-2-4-18-5-3-10)8-9-6-11(15)13(17)12(16)7-9;/h6-7,10,18H,2-5,8H2,1H3;1H. The van der Waals surface area contributed by atoms with Crippen molar-refractivity contribution in [2.75, 3.05) is 20.1 Å². The smallest absolute Gasteiger partial charge is 0.225 e. The van der Waals surface area contributed by atoms with Gasteiger partial charge in [-0.15, -0.1) is 12.4 Å². The van der Waals surface area contributed by atoms with Crippen LogP contribution in [0, 0.1) is 23.4 Å². The predicted molar refractivity (Wildman–Crippen MR) is 75.6 cm³/mol. The molecule has 0 spiro atoms. The second kappa shape index (κ2) is 7.66. The molecule has 2 rings (SSSR count). The number of nitrogens with one attached hydrogen (secondary N) is 1. The number of hydrogen-bond donors (Lipinski definition) is 1. The molecule has 0 aromatic heterocycles. The van der Waals surface area contributed by atoms with Gasteiger partial charge in [-0.2, -0.15) is 0 Å². The molecule has 0 unspecified atom stereocenters. The fraction of sp³-hybridized carbons (Fsp3) is 0.500. The van der Waals surface area contributed by atoms with Crippen LogP contribution in [0.25, 0.3) is 0 Å². The maximum atomic E-state index is 13.1. The van der Waals surface area contributed by atoms with Crippen LogP contribution in [0.3, 0.4) is 0 Å². The maximum absolute atomic E-state index is 13.1. The summed E-state index contributed by atoms with van der Waals surface area (Å²) in [4.78, 5) is 13.6. The first-order valence-corrected chi connectivity index (χ1v) is 6.58. The highest BCUT2D eigenvalue weighted by molar-refractivity contribution is 5.85. The molecule has 1 fully saturated rings. The fourth-order valence-corrected chi connectivity index (χ4v) is 2.43. The minimum Gasteiger partial charge on any atom is -0.341 e. The van der Waals surface area contributed by atoms with Gasteiger partial charge in [0.25, 0.3) is 0 Å². The Morgan fingerprint density at radius 2 is 1.76 bits per heavy atom. The molecule has 118 valence electrons. The second-order valence-electron chi connectivity index (χ2n) is 5.09. The molecule has 0 radical (unpaired) electrons. The van der Waals surface area contributed by atoms with Gasteiger partial charge in [0.05, 0.1) is 0 Å². The molecule has 1 aromatic rings. The Morgan fingerprint density at radius 1 is 1.24 bits per heavy atom. The lowest BCUT2D eigenvalue weighted by Gasteiger charge is -2.27. The summed E-state index contributed by atoms with van der Waals surface area (Å²) in [5.41, 5.74) is 0.242. The number of rotatable bonds is 3. The van der Waals surface area contributed by atoms with E-state index >= 15 is 0 Å². The number of carbonyl (C=O) groups excluding carboxylic acids is 1. The SMILES string of the molecule is CN(Cc1cc(F)c(F)c(F)c1)C(=O)C1CCNCC1.Cl. The van der Waals surface area contributed by atoms with E-state index in [1.807, 2.05) is 0 Å². The minimum atomic E-state index is -1.49. The summed E-state index contributed by atoms with van der Waals surface area (Å²) in [7, 11) is 1.59. The average Bonchev–Trinajstić information content (AvgIpc) is 2.44. The minimum absolute atomic E-state index is 0. The zero-order chi connectivity index (χ0) is 14.7. The van der Waals surface area contributed by atoms with Gasteiger partial charge in [0.15, 0.2) is 17.5 Å². The van der Waals surface area contributed by atoms with Crippen molar-refractivity contribution in [1.29, 1.82) is 0 Å². The van der Waals surface area contributed by atoms with Crippen LogP contribution in [-0.4, -0.2) is 30.9 Å². The zero-order valence-corrected chi connectivity index (χ0v) is 12.5. The molecule has 0 saturated carbocycles. The van der Waals surface area contributed by atoms with E-state index in [2.05, 4.69) is 5.32 Å². The van der Waals surface area contributed by atoms with E-state index in [4.69, 9.17) is 0 Å². The normalized spacial score (nSPS) is 15.4. The third-order valence-electron chi connectivity index (χ3n) is 3.53. The van der Waals surface area contributed by atoms with Crippen molar-refractivity contribution in [2.24, 2.45) is 5.92 Å². The van der Waals surface area contributed by atoms with E-state index < -0.39 is 17.5 Å². The Bertz CT molecular complexity index is 484. The van der Waals surface area contributed by atoms with Crippen molar-refractivity contribution >= 4 is 18.3 Å². The van der Waals surface area contributed by atoms with Crippen LogP contribution in [0.1, 0.15) is 18.4 Å². The van der Waals surface area contributed by atoms with Crippen LogP contribution >= 0.6 is 12.4 Å². The van der Waals surface area contributed by atoms with Gasteiger partial charge >= 0.3 is 0 Å². The molecule has 0 atom stereocenters. The molecule has 1 aromatic carbocycles. The van der Waals surface area contributed by atoms with Gasteiger partial charge in [0.2, 0.25) is 5.91 Å².